The maximum Gasteiger partial charge on any atom is 0.343 e. The topological polar surface area (TPSA) is 80.8 Å². The maximum absolute atomic E-state index is 13.5. The van der Waals surface area contributed by atoms with Gasteiger partial charge in [0.05, 0.1) is 10.5 Å². The molecule has 0 heterocycles. The van der Waals surface area contributed by atoms with E-state index in [4.69, 9.17) is 16.3 Å². The number of hydrogen-bond donors (Lipinski definition) is 0. The zero-order valence-corrected chi connectivity index (χ0v) is 23.4. The lowest BCUT2D eigenvalue weighted by Gasteiger charge is -2.24. The van der Waals surface area contributed by atoms with Crippen molar-refractivity contribution >= 4 is 33.5 Å². The Kier molecular flexibility index (Phi) is 8.53. The molecule has 0 aliphatic heterocycles. The fraction of sp³-hybridized carbons (Fsp3) is 0.161. The second kappa shape index (κ2) is 11.8. The predicted molar refractivity (Wildman–Crippen MR) is 152 cm³/mol. The molecule has 8 heteroatoms. The highest BCUT2D eigenvalue weighted by Gasteiger charge is 2.30. The summed E-state index contributed by atoms with van der Waals surface area (Å²) in [5.74, 6) is -1.49. The summed E-state index contributed by atoms with van der Waals surface area (Å²) in [4.78, 5) is 26.4. The van der Waals surface area contributed by atoms with Crippen molar-refractivity contribution in [2.45, 2.75) is 31.1 Å². The van der Waals surface area contributed by atoms with Crippen molar-refractivity contribution in [3.63, 3.8) is 0 Å². The van der Waals surface area contributed by atoms with Gasteiger partial charge in [0, 0.05) is 30.0 Å². The fourth-order valence-corrected chi connectivity index (χ4v) is 5.44. The first-order valence-corrected chi connectivity index (χ1v) is 14.1. The Morgan fingerprint density at radius 2 is 1.46 bits per heavy atom. The van der Waals surface area contributed by atoms with Crippen LogP contribution >= 0.6 is 11.6 Å². The molecule has 1 amide bonds. The molecule has 39 heavy (non-hydrogen) atoms. The van der Waals surface area contributed by atoms with Gasteiger partial charge in [0.1, 0.15) is 5.75 Å². The summed E-state index contributed by atoms with van der Waals surface area (Å²) in [5, 5.41) is 0.517. The monoisotopic (exact) mass is 561 g/mol. The van der Waals surface area contributed by atoms with Gasteiger partial charge >= 0.3 is 5.97 Å². The molecular weight excluding hydrogens is 534 g/mol. The third-order valence-corrected chi connectivity index (χ3v) is 8.48. The molecule has 0 saturated heterocycles. The Bertz CT molecular complexity index is 1580. The van der Waals surface area contributed by atoms with E-state index in [0.29, 0.717) is 16.1 Å². The molecule has 0 N–H and O–H groups in total. The molecule has 0 fully saturated rings. The maximum atomic E-state index is 13.5. The van der Waals surface area contributed by atoms with E-state index in [1.807, 2.05) is 26.0 Å². The summed E-state index contributed by atoms with van der Waals surface area (Å²) in [6, 6.07) is 27.2. The average Bonchev–Trinajstić information content (AvgIpc) is 2.93. The van der Waals surface area contributed by atoms with Gasteiger partial charge in [0.15, 0.2) is 0 Å². The standard InChI is InChI=1S/C31H28ClNO5S/c1-21-9-16-26(17-10-21)39(36,37)33(3)30(34)20-27(23-12-14-25(32)15-13-23)28-19-22(2)11-18-29(28)38-31(35)24-7-5-4-6-8-24/h4-19,27H,20H2,1-3H3/t27-/m0/s1. The molecule has 0 aromatic heterocycles. The highest BCUT2D eigenvalue weighted by atomic mass is 35.5. The van der Waals surface area contributed by atoms with E-state index in [1.165, 1.54) is 19.2 Å². The zero-order chi connectivity index (χ0) is 28.2. The van der Waals surface area contributed by atoms with Crippen LogP contribution in [0.25, 0.3) is 0 Å². The minimum absolute atomic E-state index is 0.0278. The van der Waals surface area contributed by atoms with Gasteiger partial charge < -0.3 is 4.74 Å². The van der Waals surface area contributed by atoms with E-state index < -0.39 is 27.8 Å². The van der Waals surface area contributed by atoms with E-state index in [9.17, 15) is 18.0 Å². The van der Waals surface area contributed by atoms with E-state index in [1.54, 1.807) is 72.8 Å². The smallest absolute Gasteiger partial charge is 0.343 e. The molecule has 0 aliphatic carbocycles. The number of amides is 1. The number of carbonyl (C=O) groups is 2. The molecule has 0 unspecified atom stereocenters. The van der Waals surface area contributed by atoms with E-state index >= 15 is 0 Å². The number of nitrogens with zero attached hydrogens (tertiary/aromatic N) is 1. The van der Waals surface area contributed by atoms with Gasteiger partial charge in [-0.05, 0) is 61.9 Å². The van der Waals surface area contributed by atoms with Crippen LogP contribution in [0, 0.1) is 13.8 Å². The first kappa shape index (κ1) is 28.1. The Morgan fingerprint density at radius 3 is 2.10 bits per heavy atom. The summed E-state index contributed by atoms with van der Waals surface area (Å²) in [5.41, 5.74) is 3.47. The summed E-state index contributed by atoms with van der Waals surface area (Å²) in [7, 11) is -2.81. The highest BCUT2D eigenvalue weighted by molar-refractivity contribution is 7.89. The third kappa shape index (κ3) is 6.56. The summed E-state index contributed by atoms with van der Waals surface area (Å²) < 4.78 is 33.0. The van der Waals surface area contributed by atoms with Crippen LogP contribution in [0.5, 0.6) is 5.75 Å². The number of carbonyl (C=O) groups excluding carboxylic acids is 2. The number of hydrogen-bond acceptors (Lipinski definition) is 5. The Balaban J connectivity index is 1.72. The van der Waals surface area contributed by atoms with Crippen LogP contribution in [0.2, 0.25) is 5.02 Å². The zero-order valence-electron chi connectivity index (χ0n) is 21.8. The Morgan fingerprint density at radius 1 is 0.846 bits per heavy atom. The number of benzene rings is 4. The highest BCUT2D eigenvalue weighted by Crippen LogP contribution is 2.37. The molecule has 6 nitrogen and oxygen atoms in total. The van der Waals surface area contributed by atoms with Crippen molar-refractivity contribution in [1.29, 1.82) is 0 Å². The van der Waals surface area contributed by atoms with Gasteiger partial charge in [-0.15, -0.1) is 0 Å². The van der Waals surface area contributed by atoms with Gasteiger partial charge in [-0.25, -0.2) is 17.5 Å². The van der Waals surface area contributed by atoms with Gasteiger partial charge in [0.25, 0.3) is 10.0 Å². The Hall–Kier alpha value is -3.94. The number of ether oxygens (including phenoxy) is 1. The van der Waals surface area contributed by atoms with Crippen LogP contribution in [0.15, 0.2) is 102 Å². The van der Waals surface area contributed by atoms with Crippen molar-refractivity contribution in [3.8, 4) is 5.75 Å². The van der Waals surface area contributed by atoms with E-state index in [-0.39, 0.29) is 17.1 Å². The van der Waals surface area contributed by atoms with Crippen molar-refractivity contribution < 1.29 is 22.7 Å². The van der Waals surface area contributed by atoms with Gasteiger partial charge in [-0.3, -0.25) is 4.79 Å². The molecule has 0 saturated carbocycles. The van der Waals surface area contributed by atoms with Crippen LogP contribution in [-0.4, -0.2) is 31.6 Å². The first-order chi connectivity index (χ1) is 18.6. The lowest BCUT2D eigenvalue weighted by atomic mass is 9.87. The molecule has 200 valence electrons. The quantitative estimate of drug-likeness (QED) is 0.180. The molecule has 0 radical (unpaired) electrons. The number of esters is 1. The van der Waals surface area contributed by atoms with E-state index in [2.05, 4.69) is 0 Å². The number of sulfonamides is 1. The fourth-order valence-electron chi connectivity index (χ4n) is 4.17. The normalized spacial score (nSPS) is 12.0. The molecule has 0 bridgehead atoms. The third-order valence-electron chi connectivity index (χ3n) is 6.43. The van der Waals surface area contributed by atoms with Crippen LogP contribution in [0.4, 0.5) is 0 Å². The SMILES string of the molecule is Cc1ccc(S(=O)(=O)N(C)C(=O)C[C@@H](c2ccc(Cl)cc2)c2cc(C)ccc2OC(=O)c2ccccc2)cc1. The van der Waals surface area contributed by atoms with Crippen LogP contribution in [-0.2, 0) is 14.8 Å². The van der Waals surface area contributed by atoms with Crippen molar-refractivity contribution in [2.24, 2.45) is 0 Å². The van der Waals surface area contributed by atoms with Crippen molar-refractivity contribution in [3.05, 3.63) is 130 Å². The van der Waals surface area contributed by atoms with Crippen LogP contribution in [0.1, 0.15) is 45.0 Å². The number of rotatable bonds is 8. The van der Waals surface area contributed by atoms with Crippen molar-refractivity contribution in [1.82, 2.24) is 4.31 Å². The first-order valence-electron chi connectivity index (χ1n) is 12.3. The lowest BCUT2D eigenvalue weighted by molar-refractivity contribution is -0.125. The van der Waals surface area contributed by atoms with Crippen LogP contribution < -0.4 is 4.74 Å². The number of aryl methyl sites for hydroxylation is 2. The average molecular weight is 562 g/mol. The molecule has 4 rings (SSSR count). The Labute approximate surface area is 233 Å². The summed E-state index contributed by atoms with van der Waals surface area (Å²) in [6.07, 6.45) is -0.192. The second-order valence-electron chi connectivity index (χ2n) is 9.28. The van der Waals surface area contributed by atoms with Crippen LogP contribution in [0.3, 0.4) is 0 Å². The molecule has 4 aromatic rings. The molecule has 1 atom stereocenters. The molecule has 4 aromatic carbocycles. The largest absolute Gasteiger partial charge is 0.423 e. The number of halogens is 1. The molecule has 0 aliphatic rings. The summed E-state index contributed by atoms with van der Waals surface area (Å²) >= 11 is 6.13. The summed E-state index contributed by atoms with van der Waals surface area (Å²) in [6.45, 7) is 3.74. The van der Waals surface area contributed by atoms with Gasteiger partial charge in [-0.1, -0.05) is 77.3 Å². The minimum Gasteiger partial charge on any atom is -0.423 e. The predicted octanol–water partition coefficient (Wildman–Crippen LogP) is 6.55. The lowest BCUT2D eigenvalue weighted by Crippen LogP contribution is -2.34. The van der Waals surface area contributed by atoms with Crippen molar-refractivity contribution in [2.75, 3.05) is 7.05 Å². The minimum atomic E-state index is -4.07. The van der Waals surface area contributed by atoms with E-state index in [0.717, 1.165) is 21.0 Å². The second-order valence-corrected chi connectivity index (χ2v) is 11.7. The van der Waals surface area contributed by atoms with Gasteiger partial charge in [0.2, 0.25) is 5.91 Å². The molecule has 0 spiro atoms. The van der Waals surface area contributed by atoms with Gasteiger partial charge in [-0.2, -0.15) is 0 Å². The molecular formula is C31H28ClNO5S.